The van der Waals surface area contributed by atoms with Crippen molar-refractivity contribution in [1.29, 1.82) is 0 Å². The summed E-state index contributed by atoms with van der Waals surface area (Å²) < 4.78 is 25.1. The first-order valence-corrected chi connectivity index (χ1v) is 14.0. The van der Waals surface area contributed by atoms with E-state index in [1.807, 2.05) is 13.8 Å². The van der Waals surface area contributed by atoms with Crippen LogP contribution in [-0.2, 0) is 18.6 Å². The molecule has 1 aliphatic heterocycles. The number of methoxy groups -OCH3 is 1. The van der Waals surface area contributed by atoms with Crippen molar-refractivity contribution in [3.63, 3.8) is 0 Å². The highest BCUT2D eigenvalue weighted by Gasteiger charge is 2.51. The zero-order valence-electron chi connectivity index (χ0n) is 21.7. The van der Waals surface area contributed by atoms with Gasteiger partial charge >= 0.3 is 0 Å². The highest BCUT2D eigenvalue weighted by Crippen LogP contribution is 2.38. The highest BCUT2D eigenvalue weighted by molar-refractivity contribution is 6.99. The Kier molecular flexibility index (Phi) is 7.92. The third kappa shape index (κ3) is 5.60. The fourth-order valence-corrected chi connectivity index (χ4v) is 9.80. The van der Waals surface area contributed by atoms with Gasteiger partial charge in [0.25, 0.3) is 8.32 Å². The standard InChI is InChI=1S/C28H42O4Si/c1-22(19-28(7,29-8)25-21-30-27(5,6)32-25)20-31-33(26(2,3)4,23-15-11-9-12-16-23)24-17-13-10-14-18-24/h9-18,22,25H,19-21H2,1-8H3/t22-,25?,28-/m1/s1. The summed E-state index contributed by atoms with van der Waals surface area (Å²) in [4.78, 5) is 0. The Morgan fingerprint density at radius 2 is 1.48 bits per heavy atom. The van der Waals surface area contributed by atoms with Gasteiger partial charge in [-0.1, -0.05) is 88.4 Å². The molecule has 1 aliphatic rings. The number of rotatable bonds is 9. The maximum absolute atomic E-state index is 7.13. The van der Waals surface area contributed by atoms with E-state index in [0.717, 1.165) is 6.42 Å². The van der Waals surface area contributed by atoms with Crippen LogP contribution in [0.3, 0.4) is 0 Å². The normalized spacial score (nSPS) is 21.5. The topological polar surface area (TPSA) is 36.9 Å². The number of benzene rings is 2. The van der Waals surface area contributed by atoms with Crippen molar-refractivity contribution in [2.75, 3.05) is 20.3 Å². The van der Waals surface area contributed by atoms with Crippen molar-refractivity contribution < 1.29 is 18.6 Å². The van der Waals surface area contributed by atoms with Gasteiger partial charge in [0.1, 0.15) is 6.10 Å². The smallest absolute Gasteiger partial charge is 0.261 e. The molecule has 2 aromatic rings. The SMILES string of the molecule is CO[C@](C)(C[C@@H](C)CO[Si](c1ccccc1)(c1ccccc1)C(C)(C)C)C1COC(C)(C)O1. The van der Waals surface area contributed by atoms with E-state index in [0.29, 0.717) is 13.2 Å². The van der Waals surface area contributed by atoms with E-state index in [4.69, 9.17) is 18.6 Å². The number of ether oxygens (including phenoxy) is 3. The Hall–Kier alpha value is -1.50. The molecule has 1 saturated heterocycles. The number of hydrogen-bond donors (Lipinski definition) is 0. The van der Waals surface area contributed by atoms with E-state index in [-0.39, 0.29) is 17.1 Å². The van der Waals surface area contributed by atoms with Gasteiger partial charge in [-0.3, -0.25) is 0 Å². The molecule has 1 fully saturated rings. The van der Waals surface area contributed by atoms with Gasteiger partial charge in [-0.15, -0.1) is 0 Å². The van der Waals surface area contributed by atoms with Crippen molar-refractivity contribution in [3.05, 3.63) is 60.7 Å². The first kappa shape index (κ1) is 26.1. The molecule has 3 atom stereocenters. The van der Waals surface area contributed by atoms with E-state index in [2.05, 4.69) is 95.3 Å². The second kappa shape index (κ2) is 10.0. The maximum atomic E-state index is 7.13. The lowest BCUT2D eigenvalue weighted by Gasteiger charge is -2.44. The van der Waals surface area contributed by atoms with Gasteiger partial charge in [0.2, 0.25) is 0 Å². The summed E-state index contributed by atoms with van der Waals surface area (Å²) in [6.07, 6.45) is 0.721. The highest BCUT2D eigenvalue weighted by atomic mass is 28.4. The fraction of sp³-hybridized carbons (Fsp3) is 0.571. The van der Waals surface area contributed by atoms with Crippen molar-refractivity contribution in [1.82, 2.24) is 0 Å². The summed E-state index contributed by atoms with van der Waals surface area (Å²) in [6.45, 7) is 16.4. The lowest BCUT2D eigenvalue weighted by Crippen LogP contribution is -2.67. The average Bonchev–Trinajstić information content (AvgIpc) is 3.15. The molecule has 3 rings (SSSR count). The van der Waals surface area contributed by atoms with E-state index < -0.39 is 19.7 Å². The Morgan fingerprint density at radius 3 is 1.88 bits per heavy atom. The quantitative estimate of drug-likeness (QED) is 0.475. The zero-order chi connectivity index (χ0) is 24.3. The second-order valence-corrected chi connectivity index (χ2v) is 15.4. The van der Waals surface area contributed by atoms with E-state index in [1.165, 1.54) is 10.4 Å². The molecule has 0 radical (unpaired) electrons. The molecule has 0 N–H and O–H groups in total. The molecule has 0 aliphatic carbocycles. The van der Waals surface area contributed by atoms with E-state index in [1.54, 1.807) is 7.11 Å². The van der Waals surface area contributed by atoms with Crippen LogP contribution < -0.4 is 10.4 Å². The van der Waals surface area contributed by atoms with E-state index >= 15 is 0 Å². The molecule has 2 aromatic carbocycles. The Morgan fingerprint density at radius 1 is 0.970 bits per heavy atom. The Bertz CT molecular complexity index is 838. The average molecular weight is 471 g/mol. The van der Waals surface area contributed by atoms with Crippen LogP contribution in [-0.4, -0.2) is 46.1 Å². The van der Waals surface area contributed by atoms with Gasteiger partial charge in [0.05, 0.1) is 12.2 Å². The zero-order valence-corrected chi connectivity index (χ0v) is 22.7. The second-order valence-electron chi connectivity index (χ2n) is 11.1. The molecule has 0 aromatic heterocycles. The van der Waals surface area contributed by atoms with Gasteiger partial charge in [-0.05, 0) is 48.5 Å². The van der Waals surface area contributed by atoms with Crippen LogP contribution in [0.2, 0.25) is 5.04 Å². The van der Waals surface area contributed by atoms with Crippen LogP contribution >= 0.6 is 0 Å². The first-order chi connectivity index (χ1) is 15.4. The summed E-state index contributed by atoms with van der Waals surface area (Å²) in [5.74, 6) is -0.289. The van der Waals surface area contributed by atoms with Crippen molar-refractivity contribution in [2.24, 2.45) is 5.92 Å². The van der Waals surface area contributed by atoms with Crippen molar-refractivity contribution in [3.8, 4) is 0 Å². The summed E-state index contributed by atoms with van der Waals surface area (Å²) in [6, 6.07) is 21.6. The predicted molar refractivity (Wildman–Crippen MR) is 138 cm³/mol. The van der Waals surface area contributed by atoms with Gasteiger partial charge in [-0.2, -0.15) is 0 Å². The molecule has 0 bridgehead atoms. The molecule has 5 heteroatoms. The summed E-state index contributed by atoms with van der Waals surface area (Å²) >= 11 is 0. The summed E-state index contributed by atoms with van der Waals surface area (Å²) in [7, 11) is -0.781. The lowest BCUT2D eigenvalue weighted by atomic mass is 9.88. The van der Waals surface area contributed by atoms with Gasteiger partial charge in [0.15, 0.2) is 5.79 Å². The molecule has 182 valence electrons. The minimum Gasteiger partial charge on any atom is -0.407 e. The van der Waals surface area contributed by atoms with E-state index in [9.17, 15) is 0 Å². The van der Waals surface area contributed by atoms with Crippen LogP contribution in [0.5, 0.6) is 0 Å². The van der Waals surface area contributed by atoms with Gasteiger partial charge in [0, 0.05) is 13.7 Å². The van der Waals surface area contributed by atoms with Crippen LogP contribution in [0, 0.1) is 5.92 Å². The van der Waals surface area contributed by atoms with Crippen LogP contribution in [0.15, 0.2) is 60.7 Å². The molecule has 1 heterocycles. The monoisotopic (exact) mass is 470 g/mol. The van der Waals surface area contributed by atoms with Crippen molar-refractivity contribution >= 4 is 18.7 Å². The van der Waals surface area contributed by atoms with Gasteiger partial charge < -0.3 is 18.6 Å². The van der Waals surface area contributed by atoms with Gasteiger partial charge in [-0.25, -0.2) is 0 Å². The molecule has 1 unspecified atom stereocenters. The first-order valence-electron chi connectivity index (χ1n) is 12.1. The summed E-state index contributed by atoms with van der Waals surface area (Å²) in [5, 5.41) is 2.58. The maximum Gasteiger partial charge on any atom is 0.261 e. The minimum atomic E-state index is -2.55. The van der Waals surface area contributed by atoms with Crippen LogP contribution in [0.1, 0.15) is 54.9 Å². The predicted octanol–water partition coefficient (Wildman–Crippen LogP) is 5.15. The fourth-order valence-electron chi connectivity index (χ4n) is 5.11. The Labute approximate surface area is 201 Å². The molecular formula is C28H42O4Si. The molecule has 0 spiro atoms. The molecular weight excluding hydrogens is 428 g/mol. The minimum absolute atomic E-state index is 0.0353. The largest absolute Gasteiger partial charge is 0.407 e. The molecule has 0 amide bonds. The number of hydrogen-bond acceptors (Lipinski definition) is 4. The van der Waals surface area contributed by atoms with Crippen molar-refractivity contribution in [2.45, 2.75) is 77.4 Å². The Balaban J connectivity index is 1.87. The molecule has 4 nitrogen and oxygen atoms in total. The lowest BCUT2D eigenvalue weighted by molar-refractivity contribution is -0.177. The third-order valence-corrected chi connectivity index (χ3v) is 11.9. The summed E-state index contributed by atoms with van der Waals surface area (Å²) in [5.41, 5.74) is -0.442. The third-order valence-electron chi connectivity index (χ3n) is 6.91. The van der Waals surface area contributed by atoms with Crippen LogP contribution in [0.25, 0.3) is 0 Å². The molecule has 0 saturated carbocycles. The van der Waals surface area contributed by atoms with Crippen LogP contribution in [0.4, 0.5) is 0 Å². The molecule has 33 heavy (non-hydrogen) atoms.